The Labute approximate surface area is 195 Å². The number of ether oxygens (including phenoxy) is 2. The molecule has 0 saturated carbocycles. The van der Waals surface area contributed by atoms with Gasteiger partial charge in [0.1, 0.15) is 24.4 Å². The van der Waals surface area contributed by atoms with Gasteiger partial charge in [-0.3, -0.25) is 0 Å². The normalized spacial score (nSPS) is 28.1. The summed E-state index contributed by atoms with van der Waals surface area (Å²) in [5.74, 6) is -4.98. The summed E-state index contributed by atoms with van der Waals surface area (Å²) in [6, 6.07) is 0. The molecule has 0 aromatic heterocycles. The summed E-state index contributed by atoms with van der Waals surface area (Å²) in [5, 5.41) is 58.9. The van der Waals surface area contributed by atoms with Gasteiger partial charge < -0.3 is 49.7 Å². The molecule has 12 heteroatoms. The van der Waals surface area contributed by atoms with E-state index in [0.29, 0.717) is 19.3 Å². The monoisotopic (exact) mass is 396 g/mol. The van der Waals surface area contributed by atoms with Crippen LogP contribution in [0, 0.1) is 5.92 Å². The third-order valence-corrected chi connectivity index (χ3v) is 3.82. The second kappa shape index (κ2) is 14.7. The third kappa shape index (κ3) is 9.26. The minimum atomic E-state index is -1.67. The fraction of sp³-hybridized carbons (Fsp3) is 0.857. The maximum absolute atomic E-state index is 10.5. The summed E-state index contributed by atoms with van der Waals surface area (Å²) >= 11 is 0. The minimum Gasteiger partial charge on any atom is -0.549 e. The van der Waals surface area contributed by atoms with Crippen LogP contribution in [0.5, 0.6) is 0 Å². The zero-order chi connectivity index (χ0) is 18.3. The molecule has 5 atom stereocenters. The van der Waals surface area contributed by atoms with E-state index in [1.54, 1.807) is 0 Å². The average molecular weight is 396 g/mol. The number of hydrogen-bond acceptors (Lipinski definition) is 10. The summed E-state index contributed by atoms with van der Waals surface area (Å²) in [6.07, 6.45) is -5.92. The molecule has 0 aliphatic carbocycles. The summed E-state index contributed by atoms with van der Waals surface area (Å²) < 4.78 is 10.2. The number of aliphatic hydroxyl groups excluding tert-OH is 4. The Hall–Kier alpha value is 0.700. The number of carboxylic acids is 2. The molecule has 0 aromatic rings. The standard InChI is InChI=1S/C14H24O10.2Na/c15-9-8(24-14(22)11(17)10(9)16)6-23-5-3-1-2-4-7(12(18)19)13(20)21;;/h7-11,14-17,22H,1-6H2,(H,18,19)(H,20,21);;/q;2*+1/p-2/t8-,9+,10+,11-,14?;;/m1../s1. The Morgan fingerprint density at radius 3 is 2.04 bits per heavy atom. The number of carbonyl (C=O) groups is 2. The van der Waals surface area contributed by atoms with Crippen molar-refractivity contribution < 1.29 is 109 Å². The first-order valence-electron chi connectivity index (χ1n) is 7.63. The van der Waals surface area contributed by atoms with Gasteiger partial charge in [0.2, 0.25) is 0 Å². The van der Waals surface area contributed by atoms with Crippen LogP contribution in [0.3, 0.4) is 0 Å². The van der Waals surface area contributed by atoms with E-state index in [-0.39, 0.29) is 78.7 Å². The van der Waals surface area contributed by atoms with Crippen molar-refractivity contribution in [2.45, 2.75) is 56.4 Å². The van der Waals surface area contributed by atoms with Crippen LogP contribution in [0.25, 0.3) is 0 Å². The number of aliphatic carboxylic acids is 2. The fourth-order valence-electron chi connectivity index (χ4n) is 2.33. The summed E-state index contributed by atoms with van der Waals surface area (Å²) in [7, 11) is 0. The first-order chi connectivity index (χ1) is 11.3. The van der Waals surface area contributed by atoms with E-state index in [4.69, 9.17) is 9.47 Å². The Bertz CT molecular complexity index is 411. The van der Waals surface area contributed by atoms with Gasteiger partial charge >= 0.3 is 59.1 Å². The second-order valence-electron chi connectivity index (χ2n) is 5.65. The predicted molar refractivity (Wildman–Crippen MR) is 71.7 cm³/mol. The summed E-state index contributed by atoms with van der Waals surface area (Å²) in [5.41, 5.74) is 0. The molecular weight excluding hydrogens is 374 g/mol. The van der Waals surface area contributed by atoms with Gasteiger partial charge in [0, 0.05) is 12.5 Å². The van der Waals surface area contributed by atoms with E-state index in [9.17, 15) is 40.2 Å². The van der Waals surface area contributed by atoms with Crippen molar-refractivity contribution >= 4 is 11.9 Å². The first kappa shape index (κ1) is 28.9. The van der Waals surface area contributed by atoms with E-state index in [1.165, 1.54) is 0 Å². The van der Waals surface area contributed by atoms with E-state index >= 15 is 0 Å². The van der Waals surface area contributed by atoms with E-state index in [2.05, 4.69) is 0 Å². The molecule has 10 nitrogen and oxygen atoms in total. The number of aliphatic hydroxyl groups is 4. The minimum absolute atomic E-state index is 0. The van der Waals surface area contributed by atoms with Crippen LogP contribution in [0.1, 0.15) is 25.7 Å². The van der Waals surface area contributed by atoms with Crippen LogP contribution < -0.4 is 69.3 Å². The molecule has 1 unspecified atom stereocenters. The van der Waals surface area contributed by atoms with Crippen LogP contribution >= 0.6 is 0 Å². The van der Waals surface area contributed by atoms with Crippen molar-refractivity contribution in [3.8, 4) is 0 Å². The van der Waals surface area contributed by atoms with E-state index in [0.717, 1.165) is 0 Å². The first-order valence-corrected chi connectivity index (χ1v) is 7.63. The smallest absolute Gasteiger partial charge is 0.549 e. The van der Waals surface area contributed by atoms with Crippen LogP contribution in [0.15, 0.2) is 0 Å². The molecule has 1 aliphatic heterocycles. The number of carbonyl (C=O) groups excluding carboxylic acids is 2. The van der Waals surface area contributed by atoms with Crippen molar-refractivity contribution in [2.24, 2.45) is 5.92 Å². The number of carboxylic acid groups (broad SMARTS) is 2. The summed E-state index contributed by atoms with van der Waals surface area (Å²) in [6.45, 7) is 0.103. The van der Waals surface area contributed by atoms with E-state index in [1.807, 2.05) is 0 Å². The Morgan fingerprint density at radius 1 is 0.923 bits per heavy atom. The Morgan fingerprint density at radius 2 is 1.50 bits per heavy atom. The molecule has 1 aliphatic rings. The number of hydrogen-bond donors (Lipinski definition) is 4. The summed E-state index contributed by atoms with van der Waals surface area (Å²) in [4.78, 5) is 21.1. The van der Waals surface area contributed by atoms with Gasteiger partial charge in [-0.05, 0) is 12.8 Å². The zero-order valence-electron chi connectivity index (χ0n) is 14.9. The van der Waals surface area contributed by atoms with Gasteiger partial charge in [-0.25, -0.2) is 0 Å². The molecule has 1 fully saturated rings. The van der Waals surface area contributed by atoms with E-state index < -0.39 is 48.6 Å². The average Bonchev–Trinajstić information content (AvgIpc) is 2.51. The molecule has 1 heterocycles. The number of rotatable bonds is 10. The molecule has 1 saturated heterocycles. The maximum atomic E-state index is 10.5. The molecule has 26 heavy (non-hydrogen) atoms. The molecule has 0 bridgehead atoms. The predicted octanol–water partition coefficient (Wildman–Crippen LogP) is -10.5. The van der Waals surface area contributed by atoms with Gasteiger partial charge in [-0.1, -0.05) is 12.8 Å². The second-order valence-corrected chi connectivity index (χ2v) is 5.65. The molecule has 4 N–H and O–H groups in total. The molecule has 1 rings (SSSR count). The van der Waals surface area contributed by atoms with Crippen LogP contribution in [-0.2, 0) is 19.1 Å². The van der Waals surface area contributed by atoms with Crippen molar-refractivity contribution in [1.29, 1.82) is 0 Å². The van der Waals surface area contributed by atoms with Crippen LogP contribution in [0.2, 0.25) is 0 Å². The number of unbranched alkanes of at least 4 members (excludes halogenated alkanes) is 2. The topological polar surface area (TPSA) is 180 Å². The third-order valence-electron chi connectivity index (χ3n) is 3.82. The molecule has 0 aromatic carbocycles. The van der Waals surface area contributed by atoms with Gasteiger partial charge in [0.15, 0.2) is 6.29 Å². The molecule has 140 valence electrons. The van der Waals surface area contributed by atoms with Gasteiger partial charge in [0.05, 0.1) is 18.5 Å². The van der Waals surface area contributed by atoms with Crippen molar-refractivity contribution in [2.75, 3.05) is 13.2 Å². The largest absolute Gasteiger partial charge is 1.00 e. The van der Waals surface area contributed by atoms with Crippen molar-refractivity contribution in [3.63, 3.8) is 0 Å². The van der Waals surface area contributed by atoms with Crippen LogP contribution in [-0.4, -0.2) is 76.3 Å². The maximum Gasteiger partial charge on any atom is 1.00 e. The SMILES string of the molecule is O=C([O-])C(CCCCCOC[C@H]1OC(O)[C@H](O)[C@@H](O)[C@H]1O)C(=O)[O-].[Na+].[Na+]. The zero-order valence-corrected chi connectivity index (χ0v) is 18.9. The van der Waals surface area contributed by atoms with Crippen molar-refractivity contribution in [3.05, 3.63) is 0 Å². The molecular formula is C14H22Na2O10. The molecule has 0 radical (unpaired) electrons. The fourth-order valence-corrected chi connectivity index (χ4v) is 2.33. The van der Waals surface area contributed by atoms with Gasteiger partial charge in [-0.2, -0.15) is 0 Å². The van der Waals surface area contributed by atoms with Gasteiger partial charge in [0.25, 0.3) is 0 Å². The Kier molecular flexibility index (Phi) is 16.3. The quantitative estimate of drug-likeness (QED) is 0.157. The Balaban J connectivity index is 0. The van der Waals surface area contributed by atoms with Gasteiger partial charge in [-0.15, -0.1) is 0 Å². The van der Waals surface area contributed by atoms with Crippen LogP contribution in [0.4, 0.5) is 0 Å². The van der Waals surface area contributed by atoms with Crippen molar-refractivity contribution in [1.82, 2.24) is 0 Å². The molecule has 0 amide bonds. The molecule has 0 spiro atoms.